The molecule has 0 bridgehead atoms. The van der Waals surface area contributed by atoms with Crippen LogP contribution in [0.4, 0.5) is 0 Å². The molecule has 0 heterocycles. The SMILES string of the molecule is COC(=O)C(/C=C/c1c(OC)c(C)cc(C(C)=O)c1OC)OC. The smallest absolute Gasteiger partial charge is 0.339 e. The van der Waals surface area contributed by atoms with Crippen LogP contribution in [0.2, 0.25) is 0 Å². The van der Waals surface area contributed by atoms with Crippen molar-refractivity contribution in [3.05, 3.63) is 28.8 Å². The molecule has 0 saturated heterocycles. The van der Waals surface area contributed by atoms with E-state index in [-0.39, 0.29) is 5.78 Å². The van der Waals surface area contributed by atoms with Crippen LogP contribution in [0.5, 0.6) is 11.5 Å². The molecule has 6 heteroatoms. The molecule has 1 unspecified atom stereocenters. The second-order valence-electron chi connectivity index (χ2n) is 4.82. The molecule has 0 aliphatic rings. The second kappa shape index (κ2) is 8.33. The predicted molar refractivity (Wildman–Crippen MR) is 86.1 cm³/mol. The minimum atomic E-state index is -0.865. The number of Topliss-reactive ketones (excluding diaryl/α,β-unsaturated/α-hetero) is 1. The van der Waals surface area contributed by atoms with Gasteiger partial charge >= 0.3 is 5.97 Å². The summed E-state index contributed by atoms with van der Waals surface area (Å²) in [4.78, 5) is 23.4. The van der Waals surface area contributed by atoms with Gasteiger partial charge in [0.15, 0.2) is 11.9 Å². The van der Waals surface area contributed by atoms with Crippen molar-refractivity contribution in [1.29, 1.82) is 0 Å². The van der Waals surface area contributed by atoms with Crippen LogP contribution < -0.4 is 9.47 Å². The minimum Gasteiger partial charge on any atom is -0.496 e. The van der Waals surface area contributed by atoms with Crippen LogP contribution in [0.3, 0.4) is 0 Å². The maximum atomic E-state index is 11.8. The normalized spacial score (nSPS) is 12.1. The van der Waals surface area contributed by atoms with E-state index < -0.39 is 12.1 Å². The number of esters is 1. The fourth-order valence-electron chi connectivity index (χ4n) is 2.27. The maximum absolute atomic E-state index is 11.8. The van der Waals surface area contributed by atoms with Crippen molar-refractivity contribution in [2.24, 2.45) is 0 Å². The van der Waals surface area contributed by atoms with Crippen molar-refractivity contribution in [2.75, 3.05) is 28.4 Å². The van der Waals surface area contributed by atoms with Gasteiger partial charge < -0.3 is 18.9 Å². The average molecular weight is 322 g/mol. The first-order valence-electron chi connectivity index (χ1n) is 6.96. The molecular formula is C17H22O6. The van der Waals surface area contributed by atoms with Gasteiger partial charge in [0.2, 0.25) is 0 Å². The molecule has 0 aliphatic carbocycles. The van der Waals surface area contributed by atoms with Gasteiger partial charge in [0.05, 0.1) is 32.5 Å². The lowest BCUT2D eigenvalue weighted by Gasteiger charge is -2.16. The highest BCUT2D eigenvalue weighted by molar-refractivity contribution is 5.99. The molecule has 0 amide bonds. The van der Waals surface area contributed by atoms with Gasteiger partial charge in [-0.25, -0.2) is 4.79 Å². The molecule has 0 aliphatic heterocycles. The van der Waals surface area contributed by atoms with Crippen LogP contribution >= 0.6 is 0 Å². The molecule has 1 aromatic carbocycles. The highest BCUT2D eigenvalue weighted by Gasteiger charge is 2.20. The Hall–Kier alpha value is -2.34. The number of benzene rings is 1. The molecule has 1 aromatic rings. The fraction of sp³-hybridized carbons (Fsp3) is 0.412. The summed E-state index contributed by atoms with van der Waals surface area (Å²) in [6.07, 6.45) is 2.29. The van der Waals surface area contributed by atoms with E-state index >= 15 is 0 Å². The van der Waals surface area contributed by atoms with Crippen LogP contribution in [0.25, 0.3) is 6.08 Å². The maximum Gasteiger partial charge on any atom is 0.339 e. The van der Waals surface area contributed by atoms with Crippen LogP contribution in [-0.2, 0) is 14.3 Å². The van der Waals surface area contributed by atoms with Crippen LogP contribution in [0, 0.1) is 6.92 Å². The van der Waals surface area contributed by atoms with E-state index in [1.165, 1.54) is 41.4 Å². The number of carbonyl (C=O) groups excluding carboxylic acids is 2. The number of methoxy groups -OCH3 is 4. The molecule has 23 heavy (non-hydrogen) atoms. The van der Waals surface area contributed by atoms with Crippen molar-refractivity contribution < 1.29 is 28.5 Å². The molecule has 0 aromatic heterocycles. The van der Waals surface area contributed by atoms with Crippen molar-refractivity contribution in [3.63, 3.8) is 0 Å². The molecule has 126 valence electrons. The standard InChI is InChI=1S/C17H22O6/c1-10-9-13(11(2)18)16(22-5)12(15(10)21-4)7-8-14(20-3)17(19)23-6/h7-9,14H,1-6H3/b8-7+. The number of hydrogen-bond donors (Lipinski definition) is 0. The van der Waals surface area contributed by atoms with Gasteiger partial charge in [-0.1, -0.05) is 0 Å². The molecule has 1 atom stereocenters. The monoisotopic (exact) mass is 322 g/mol. The zero-order valence-electron chi connectivity index (χ0n) is 14.3. The first-order valence-corrected chi connectivity index (χ1v) is 6.96. The first kappa shape index (κ1) is 18.7. The van der Waals surface area contributed by atoms with Gasteiger partial charge in [0, 0.05) is 7.11 Å². The number of ether oxygens (including phenoxy) is 4. The number of rotatable bonds is 7. The zero-order valence-corrected chi connectivity index (χ0v) is 14.3. The van der Waals surface area contributed by atoms with Gasteiger partial charge in [-0.15, -0.1) is 0 Å². The zero-order chi connectivity index (χ0) is 17.6. The topological polar surface area (TPSA) is 71.1 Å². The van der Waals surface area contributed by atoms with Crippen molar-refractivity contribution in [1.82, 2.24) is 0 Å². The first-order chi connectivity index (χ1) is 10.9. The second-order valence-corrected chi connectivity index (χ2v) is 4.82. The summed E-state index contributed by atoms with van der Waals surface area (Å²) >= 11 is 0. The molecule has 0 fully saturated rings. The fourth-order valence-corrected chi connectivity index (χ4v) is 2.27. The Kier molecular flexibility index (Phi) is 6.78. The summed E-state index contributed by atoms with van der Waals surface area (Å²) < 4.78 is 20.5. The predicted octanol–water partition coefficient (Wildman–Crippen LogP) is 2.42. The highest BCUT2D eigenvalue weighted by Crippen LogP contribution is 2.37. The summed E-state index contributed by atoms with van der Waals surface area (Å²) in [7, 11) is 5.68. The molecule has 0 N–H and O–H groups in total. The summed E-state index contributed by atoms with van der Waals surface area (Å²) in [5, 5.41) is 0. The Bertz CT molecular complexity index is 618. The lowest BCUT2D eigenvalue weighted by atomic mass is 9.99. The summed E-state index contributed by atoms with van der Waals surface area (Å²) in [5.74, 6) is 0.290. The van der Waals surface area contributed by atoms with Gasteiger partial charge in [-0.2, -0.15) is 0 Å². The summed E-state index contributed by atoms with van der Waals surface area (Å²) in [5.41, 5.74) is 1.79. The summed E-state index contributed by atoms with van der Waals surface area (Å²) in [6, 6.07) is 1.71. The number of aryl methyl sites for hydroxylation is 1. The van der Waals surface area contributed by atoms with E-state index in [1.807, 2.05) is 6.92 Å². The van der Waals surface area contributed by atoms with Crippen molar-refractivity contribution in [3.8, 4) is 11.5 Å². The Morgan fingerprint density at radius 2 is 1.70 bits per heavy atom. The van der Waals surface area contributed by atoms with Gasteiger partial charge in [0.1, 0.15) is 11.5 Å². The minimum absolute atomic E-state index is 0.126. The van der Waals surface area contributed by atoms with Gasteiger partial charge in [0.25, 0.3) is 0 Å². The van der Waals surface area contributed by atoms with E-state index in [2.05, 4.69) is 4.74 Å². The average Bonchev–Trinajstić information content (AvgIpc) is 2.54. The quantitative estimate of drug-likeness (QED) is 0.567. The highest BCUT2D eigenvalue weighted by atomic mass is 16.6. The van der Waals surface area contributed by atoms with E-state index in [0.717, 1.165) is 5.56 Å². The Balaban J connectivity index is 3.48. The van der Waals surface area contributed by atoms with Crippen molar-refractivity contribution in [2.45, 2.75) is 20.0 Å². The van der Waals surface area contributed by atoms with E-state index in [0.29, 0.717) is 22.6 Å². The number of ketones is 1. The molecule has 0 spiro atoms. The Morgan fingerprint density at radius 1 is 1.09 bits per heavy atom. The van der Waals surface area contributed by atoms with Crippen LogP contribution in [0.15, 0.2) is 12.1 Å². The third kappa shape index (κ3) is 4.10. The third-order valence-corrected chi connectivity index (χ3v) is 3.37. The van der Waals surface area contributed by atoms with E-state index in [9.17, 15) is 9.59 Å². The number of hydrogen-bond acceptors (Lipinski definition) is 6. The van der Waals surface area contributed by atoms with Crippen LogP contribution in [0.1, 0.15) is 28.4 Å². The Labute approximate surface area is 136 Å². The molecule has 6 nitrogen and oxygen atoms in total. The Morgan fingerprint density at radius 3 is 2.13 bits per heavy atom. The molecule has 1 rings (SSSR count). The van der Waals surface area contributed by atoms with Crippen molar-refractivity contribution >= 4 is 17.8 Å². The van der Waals surface area contributed by atoms with Crippen LogP contribution in [-0.4, -0.2) is 46.3 Å². The van der Waals surface area contributed by atoms with E-state index in [4.69, 9.17) is 14.2 Å². The lowest BCUT2D eigenvalue weighted by molar-refractivity contribution is -0.149. The lowest BCUT2D eigenvalue weighted by Crippen LogP contribution is -2.21. The van der Waals surface area contributed by atoms with Gasteiger partial charge in [-0.05, 0) is 37.6 Å². The summed E-state index contributed by atoms with van der Waals surface area (Å²) in [6.45, 7) is 3.29. The third-order valence-electron chi connectivity index (χ3n) is 3.37. The largest absolute Gasteiger partial charge is 0.496 e. The van der Waals surface area contributed by atoms with E-state index in [1.54, 1.807) is 12.1 Å². The molecule has 0 radical (unpaired) electrons. The molecule has 0 saturated carbocycles. The number of carbonyl (C=O) groups is 2. The van der Waals surface area contributed by atoms with Gasteiger partial charge in [-0.3, -0.25) is 4.79 Å². The molecular weight excluding hydrogens is 300 g/mol.